The first-order valence-electron chi connectivity index (χ1n) is 7.65. The molecular weight excluding hydrogens is 224 g/mol. The van der Waals surface area contributed by atoms with Gasteiger partial charge in [0.25, 0.3) is 0 Å². The minimum atomic E-state index is 0.336. The van der Waals surface area contributed by atoms with Gasteiger partial charge in [-0.05, 0) is 62.6 Å². The molecule has 0 bridgehead atoms. The van der Waals surface area contributed by atoms with E-state index in [0.29, 0.717) is 5.41 Å². The van der Waals surface area contributed by atoms with E-state index in [2.05, 4.69) is 18.7 Å². The van der Waals surface area contributed by atoms with E-state index in [1.165, 1.54) is 32.5 Å². The average Bonchev–Trinajstić information content (AvgIpc) is 2.40. The van der Waals surface area contributed by atoms with Crippen LogP contribution in [0.5, 0.6) is 0 Å². The molecular formula is C15H30N2O. The van der Waals surface area contributed by atoms with E-state index >= 15 is 0 Å². The Morgan fingerprint density at radius 3 is 2.33 bits per heavy atom. The van der Waals surface area contributed by atoms with Crippen LogP contribution in [0, 0.1) is 17.3 Å². The first-order chi connectivity index (χ1) is 8.65. The number of hydrogen-bond donors (Lipinski definition) is 1. The summed E-state index contributed by atoms with van der Waals surface area (Å²) in [6.07, 6.45) is 5.03. The van der Waals surface area contributed by atoms with E-state index < -0.39 is 0 Å². The topological polar surface area (TPSA) is 38.5 Å². The molecule has 0 aromatic carbocycles. The molecule has 3 nitrogen and oxygen atoms in total. The number of likely N-dealkylation sites (tertiary alicyclic amines) is 1. The van der Waals surface area contributed by atoms with Gasteiger partial charge in [0.05, 0.1) is 0 Å². The van der Waals surface area contributed by atoms with Crippen molar-refractivity contribution in [3.63, 3.8) is 0 Å². The molecule has 2 fully saturated rings. The van der Waals surface area contributed by atoms with Crippen molar-refractivity contribution in [2.24, 2.45) is 23.0 Å². The first-order valence-corrected chi connectivity index (χ1v) is 7.65. The van der Waals surface area contributed by atoms with Gasteiger partial charge in [0.1, 0.15) is 0 Å². The summed E-state index contributed by atoms with van der Waals surface area (Å²) in [5.41, 5.74) is 6.38. The van der Waals surface area contributed by atoms with Gasteiger partial charge < -0.3 is 15.4 Å². The normalized spacial score (nSPS) is 26.7. The van der Waals surface area contributed by atoms with Gasteiger partial charge in [0, 0.05) is 19.8 Å². The summed E-state index contributed by atoms with van der Waals surface area (Å²) in [4.78, 5) is 2.65. The number of hydrogen-bond acceptors (Lipinski definition) is 3. The monoisotopic (exact) mass is 254 g/mol. The zero-order valence-corrected chi connectivity index (χ0v) is 12.2. The second-order valence-corrected chi connectivity index (χ2v) is 6.67. The lowest BCUT2D eigenvalue weighted by molar-refractivity contribution is -0.00675. The zero-order chi connectivity index (χ0) is 13.0. The van der Waals surface area contributed by atoms with Crippen LogP contribution in [0.2, 0.25) is 0 Å². The molecule has 2 aliphatic heterocycles. The standard InChI is InChI=1S/C15H30N2O/c1-13(2)14-3-7-17(8-4-14)12-15(11-16)5-9-18-10-6-15/h13-14H,3-12,16H2,1-2H3. The van der Waals surface area contributed by atoms with Crippen LogP contribution < -0.4 is 5.73 Å². The van der Waals surface area contributed by atoms with Gasteiger partial charge in [-0.25, -0.2) is 0 Å². The summed E-state index contributed by atoms with van der Waals surface area (Å²) in [5, 5.41) is 0. The van der Waals surface area contributed by atoms with Crippen molar-refractivity contribution in [3.8, 4) is 0 Å². The minimum Gasteiger partial charge on any atom is -0.381 e. The minimum absolute atomic E-state index is 0.336. The Balaban J connectivity index is 1.82. The Hall–Kier alpha value is -0.120. The molecule has 0 unspecified atom stereocenters. The van der Waals surface area contributed by atoms with Gasteiger partial charge in [-0.3, -0.25) is 0 Å². The molecule has 106 valence electrons. The molecule has 0 aromatic rings. The maximum absolute atomic E-state index is 6.05. The predicted octanol–water partition coefficient (Wildman–Crippen LogP) is 2.11. The SMILES string of the molecule is CC(C)C1CCN(CC2(CN)CCOCC2)CC1. The molecule has 2 aliphatic rings. The summed E-state index contributed by atoms with van der Waals surface area (Å²) in [5.74, 6) is 1.78. The van der Waals surface area contributed by atoms with Gasteiger partial charge in [0.15, 0.2) is 0 Å². The van der Waals surface area contributed by atoms with Crippen LogP contribution in [0.4, 0.5) is 0 Å². The van der Waals surface area contributed by atoms with Crippen LogP contribution in [-0.4, -0.2) is 44.3 Å². The lowest BCUT2D eigenvalue weighted by Crippen LogP contribution is -2.48. The van der Waals surface area contributed by atoms with Gasteiger partial charge in [0.2, 0.25) is 0 Å². The quantitative estimate of drug-likeness (QED) is 0.835. The Morgan fingerprint density at radius 1 is 1.22 bits per heavy atom. The average molecular weight is 254 g/mol. The smallest absolute Gasteiger partial charge is 0.0472 e. The van der Waals surface area contributed by atoms with E-state index in [0.717, 1.165) is 44.4 Å². The second kappa shape index (κ2) is 6.36. The third kappa shape index (κ3) is 3.46. The number of rotatable bonds is 4. The summed E-state index contributed by atoms with van der Waals surface area (Å²) in [6, 6.07) is 0. The number of nitrogens with two attached hydrogens (primary N) is 1. The van der Waals surface area contributed by atoms with E-state index in [1.807, 2.05) is 0 Å². The molecule has 2 N–H and O–H groups in total. The fourth-order valence-corrected chi connectivity index (χ4v) is 3.48. The highest BCUT2D eigenvalue weighted by molar-refractivity contribution is 4.87. The second-order valence-electron chi connectivity index (χ2n) is 6.67. The highest BCUT2D eigenvalue weighted by Gasteiger charge is 2.34. The van der Waals surface area contributed by atoms with E-state index in [9.17, 15) is 0 Å². The van der Waals surface area contributed by atoms with Crippen LogP contribution in [0.1, 0.15) is 39.5 Å². The molecule has 18 heavy (non-hydrogen) atoms. The van der Waals surface area contributed by atoms with Crippen molar-refractivity contribution < 1.29 is 4.74 Å². The van der Waals surface area contributed by atoms with Crippen molar-refractivity contribution in [2.45, 2.75) is 39.5 Å². The van der Waals surface area contributed by atoms with Crippen molar-refractivity contribution in [1.29, 1.82) is 0 Å². The Labute approximate surface area is 112 Å². The largest absolute Gasteiger partial charge is 0.381 e. The van der Waals surface area contributed by atoms with Gasteiger partial charge >= 0.3 is 0 Å². The summed E-state index contributed by atoms with van der Waals surface area (Å²) < 4.78 is 5.49. The van der Waals surface area contributed by atoms with E-state index in [-0.39, 0.29) is 0 Å². The van der Waals surface area contributed by atoms with Crippen molar-refractivity contribution in [1.82, 2.24) is 4.90 Å². The van der Waals surface area contributed by atoms with Crippen LogP contribution in [0.25, 0.3) is 0 Å². The third-order valence-electron chi connectivity index (χ3n) is 5.12. The van der Waals surface area contributed by atoms with E-state index in [1.54, 1.807) is 0 Å². The summed E-state index contributed by atoms with van der Waals surface area (Å²) >= 11 is 0. The number of nitrogens with zero attached hydrogens (tertiary/aromatic N) is 1. The summed E-state index contributed by atoms with van der Waals surface area (Å²) in [6.45, 7) is 11.1. The predicted molar refractivity (Wildman–Crippen MR) is 75.5 cm³/mol. The zero-order valence-electron chi connectivity index (χ0n) is 12.2. The highest BCUT2D eigenvalue weighted by Crippen LogP contribution is 2.32. The third-order valence-corrected chi connectivity index (χ3v) is 5.12. The maximum Gasteiger partial charge on any atom is 0.0472 e. The molecule has 2 heterocycles. The molecule has 2 saturated heterocycles. The highest BCUT2D eigenvalue weighted by atomic mass is 16.5. The van der Waals surface area contributed by atoms with Crippen LogP contribution in [0.15, 0.2) is 0 Å². The van der Waals surface area contributed by atoms with Crippen LogP contribution in [0.3, 0.4) is 0 Å². The molecule has 0 atom stereocenters. The lowest BCUT2D eigenvalue weighted by Gasteiger charge is -2.43. The van der Waals surface area contributed by atoms with Crippen molar-refractivity contribution in [3.05, 3.63) is 0 Å². The summed E-state index contributed by atoms with van der Waals surface area (Å²) in [7, 11) is 0. The van der Waals surface area contributed by atoms with Gasteiger partial charge in [-0.2, -0.15) is 0 Å². The fraction of sp³-hybridized carbons (Fsp3) is 1.00. The Bertz CT molecular complexity index is 241. The molecule has 0 saturated carbocycles. The molecule has 0 amide bonds. The molecule has 2 rings (SSSR count). The molecule has 3 heteroatoms. The van der Waals surface area contributed by atoms with Crippen molar-refractivity contribution in [2.75, 3.05) is 39.4 Å². The Kier molecular flexibility index (Phi) is 5.05. The molecule has 0 radical (unpaired) electrons. The molecule has 0 aliphatic carbocycles. The molecule has 0 aromatic heterocycles. The molecule has 0 spiro atoms. The fourth-order valence-electron chi connectivity index (χ4n) is 3.48. The maximum atomic E-state index is 6.05. The Morgan fingerprint density at radius 2 is 1.83 bits per heavy atom. The van der Waals surface area contributed by atoms with Gasteiger partial charge in [-0.1, -0.05) is 13.8 Å². The lowest BCUT2D eigenvalue weighted by atomic mass is 9.78. The van der Waals surface area contributed by atoms with Crippen LogP contribution >= 0.6 is 0 Å². The van der Waals surface area contributed by atoms with Crippen molar-refractivity contribution >= 4 is 0 Å². The van der Waals surface area contributed by atoms with Gasteiger partial charge in [-0.15, -0.1) is 0 Å². The van der Waals surface area contributed by atoms with Crippen LogP contribution in [-0.2, 0) is 4.74 Å². The number of piperidine rings is 1. The van der Waals surface area contributed by atoms with E-state index in [4.69, 9.17) is 10.5 Å². The number of ether oxygens (including phenoxy) is 1. The first kappa shape index (κ1) is 14.3.